The Kier molecular flexibility index (Phi) is 4.15. The molecule has 0 spiro atoms. The highest BCUT2D eigenvalue weighted by Crippen LogP contribution is 2.51. The highest BCUT2D eigenvalue weighted by molar-refractivity contribution is 5.26. The van der Waals surface area contributed by atoms with Crippen LogP contribution in [0.3, 0.4) is 0 Å². The number of aliphatic hydroxyl groups excluding tert-OH is 3. The van der Waals surface area contributed by atoms with Crippen molar-refractivity contribution < 1.29 is 15.3 Å². The van der Waals surface area contributed by atoms with E-state index in [1.165, 1.54) is 5.57 Å². The van der Waals surface area contributed by atoms with E-state index < -0.39 is 0 Å². The molecule has 0 aromatic heterocycles. The van der Waals surface area contributed by atoms with Crippen LogP contribution in [0.4, 0.5) is 0 Å². The minimum absolute atomic E-state index is 0.0377. The van der Waals surface area contributed by atoms with Crippen LogP contribution in [0.25, 0.3) is 0 Å². The molecule has 0 aromatic carbocycles. The first-order valence-corrected chi connectivity index (χ1v) is 7.09. The van der Waals surface area contributed by atoms with Crippen molar-refractivity contribution in [3.05, 3.63) is 11.1 Å². The molecule has 0 heterocycles. The molecule has 0 unspecified atom stereocenters. The molecule has 1 fully saturated rings. The zero-order valence-corrected chi connectivity index (χ0v) is 11.5. The first kappa shape index (κ1) is 14.0. The van der Waals surface area contributed by atoms with Crippen molar-refractivity contribution in [3.63, 3.8) is 0 Å². The van der Waals surface area contributed by atoms with E-state index in [1.54, 1.807) is 0 Å². The lowest BCUT2D eigenvalue weighted by molar-refractivity contribution is 0.129. The number of allylic oxidation sites excluding steroid dienone is 1. The molecule has 1 saturated carbocycles. The van der Waals surface area contributed by atoms with E-state index in [1.807, 2.05) is 0 Å². The summed E-state index contributed by atoms with van der Waals surface area (Å²) in [6.07, 6.45) is 4.04. The summed E-state index contributed by atoms with van der Waals surface area (Å²) in [6, 6.07) is 0. The van der Waals surface area contributed by atoms with Crippen molar-refractivity contribution in [2.75, 3.05) is 13.2 Å². The number of rotatable bonds is 2. The van der Waals surface area contributed by atoms with Gasteiger partial charge < -0.3 is 15.3 Å². The van der Waals surface area contributed by atoms with Gasteiger partial charge in [0, 0.05) is 6.61 Å². The Hall–Kier alpha value is -0.380. The van der Waals surface area contributed by atoms with Crippen LogP contribution in [-0.2, 0) is 0 Å². The Morgan fingerprint density at radius 2 is 2.00 bits per heavy atom. The van der Waals surface area contributed by atoms with Crippen LogP contribution < -0.4 is 0 Å². The molecule has 2 rings (SSSR count). The largest absolute Gasteiger partial charge is 0.396 e. The lowest BCUT2D eigenvalue weighted by Crippen LogP contribution is -2.21. The van der Waals surface area contributed by atoms with Crippen molar-refractivity contribution >= 4 is 0 Å². The first-order chi connectivity index (χ1) is 8.49. The molecule has 3 heteroatoms. The highest BCUT2D eigenvalue weighted by atomic mass is 16.3. The minimum atomic E-state index is -0.316. The summed E-state index contributed by atoms with van der Waals surface area (Å²) >= 11 is 0. The maximum atomic E-state index is 9.95. The number of hydrogen-bond donors (Lipinski definition) is 3. The van der Waals surface area contributed by atoms with Gasteiger partial charge in [0.05, 0.1) is 12.7 Å². The average Bonchev–Trinajstić information content (AvgIpc) is 2.70. The summed E-state index contributed by atoms with van der Waals surface area (Å²) in [4.78, 5) is 0. The van der Waals surface area contributed by atoms with Crippen LogP contribution in [0.1, 0.15) is 46.0 Å². The summed E-state index contributed by atoms with van der Waals surface area (Å²) in [5.74, 6) is 1.02. The van der Waals surface area contributed by atoms with E-state index in [2.05, 4.69) is 13.8 Å². The third-order valence-electron chi connectivity index (χ3n) is 4.93. The molecule has 0 aliphatic heterocycles. The van der Waals surface area contributed by atoms with Gasteiger partial charge in [-0.2, -0.15) is 0 Å². The predicted molar refractivity (Wildman–Crippen MR) is 71.1 cm³/mol. The molecule has 3 nitrogen and oxygen atoms in total. The second kappa shape index (κ2) is 5.32. The third-order valence-corrected chi connectivity index (χ3v) is 4.93. The molecule has 0 bridgehead atoms. The molecule has 18 heavy (non-hydrogen) atoms. The first-order valence-electron chi connectivity index (χ1n) is 7.09. The van der Waals surface area contributed by atoms with Gasteiger partial charge in [0.2, 0.25) is 0 Å². The van der Waals surface area contributed by atoms with Crippen molar-refractivity contribution in [2.45, 2.75) is 52.1 Å². The van der Waals surface area contributed by atoms with Gasteiger partial charge in [-0.25, -0.2) is 0 Å². The van der Waals surface area contributed by atoms with Gasteiger partial charge in [-0.15, -0.1) is 0 Å². The van der Waals surface area contributed by atoms with Crippen LogP contribution in [0.15, 0.2) is 11.1 Å². The third kappa shape index (κ3) is 2.63. The number of fused-ring (bicyclic) bond motifs is 1. The Balaban J connectivity index is 2.34. The van der Waals surface area contributed by atoms with Gasteiger partial charge in [0.1, 0.15) is 0 Å². The molecular formula is C15H26O3. The van der Waals surface area contributed by atoms with Gasteiger partial charge in [0.25, 0.3) is 0 Å². The molecule has 3 N–H and O–H groups in total. The molecule has 2 aliphatic carbocycles. The van der Waals surface area contributed by atoms with Crippen LogP contribution >= 0.6 is 0 Å². The zero-order chi connectivity index (χ0) is 13.3. The molecule has 0 radical (unpaired) electrons. The van der Waals surface area contributed by atoms with E-state index in [0.29, 0.717) is 18.3 Å². The van der Waals surface area contributed by atoms with E-state index in [4.69, 9.17) is 0 Å². The quantitative estimate of drug-likeness (QED) is 0.659. The zero-order valence-electron chi connectivity index (χ0n) is 11.5. The van der Waals surface area contributed by atoms with Gasteiger partial charge in [-0.05, 0) is 54.9 Å². The van der Waals surface area contributed by atoms with E-state index >= 15 is 0 Å². The summed E-state index contributed by atoms with van der Waals surface area (Å²) in [5, 5.41) is 29.1. The summed E-state index contributed by atoms with van der Waals surface area (Å²) in [6.45, 7) is 4.63. The fraction of sp³-hybridized carbons (Fsp3) is 0.867. The lowest BCUT2D eigenvalue weighted by atomic mass is 9.79. The van der Waals surface area contributed by atoms with Crippen LogP contribution in [0, 0.1) is 17.3 Å². The second-order valence-corrected chi connectivity index (χ2v) is 6.66. The van der Waals surface area contributed by atoms with Crippen molar-refractivity contribution in [1.29, 1.82) is 0 Å². The maximum Gasteiger partial charge on any atom is 0.0645 e. The minimum Gasteiger partial charge on any atom is -0.396 e. The van der Waals surface area contributed by atoms with Crippen molar-refractivity contribution in [3.8, 4) is 0 Å². The van der Waals surface area contributed by atoms with Crippen LogP contribution in [-0.4, -0.2) is 34.6 Å². The topological polar surface area (TPSA) is 60.7 Å². The molecule has 0 saturated heterocycles. The summed E-state index contributed by atoms with van der Waals surface area (Å²) in [7, 11) is 0. The van der Waals surface area contributed by atoms with Crippen LogP contribution in [0.5, 0.6) is 0 Å². The molecular weight excluding hydrogens is 228 g/mol. The predicted octanol–water partition coefficient (Wildman–Crippen LogP) is 1.86. The van der Waals surface area contributed by atoms with E-state index in [-0.39, 0.29) is 24.7 Å². The van der Waals surface area contributed by atoms with Gasteiger partial charge in [-0.1, -0.05) is 19.4 Å². The van der Waals surface area contributed by atoms with Crippen LogP contribution in [0.2, 0.25) is 0 Å². The average molecular weight is 254 g/mol. The molecule has 2 aliphatic rings. The summed E-state index contributed by atoms with van der Waals surface area (Å²) in [5.41, 5.74) is 2.31. The van der Waals surface area contributed by atoms with E-state index in [9.17, 15) is 15.3 Å². The van der Waals surface area contributed by atoms with Crippen molar-refractivity contribution in [2.24, 2.45) is 17.3 Å². The molecule has 4 atom stereocenters. The smallest absolute Gasteiger partial charge is 0.0645 e. The molecule has 0 amide bonds. The Bertz CT molecular complexity index is 337. The Morgan fingerprint density at radius 3 is 2.61 bits per heavy atom. The SMILES string of the molecule is C[C@@H]1CC[C@@H](O)C/C(CO)=C2/C[C@@](C)(CO)C[C@@H]21. The lowest BCUT2D eigenvalue weighted by Gasteiger charge is -2.28. The van der Waals surface area contributed by atoms with Gasteiger partial charge in [-0.3, -0.25) is 0 Å². The van der Waals surface area contributed by atoms with Gasteiger partial charge >= 0.3 is 0 Å². The van der Waals surface area contributed by atoms with Gasteiger partial charge in [0.15, 0.2) is 0 Å². The standard InChI is InChI=1S/C15H26O3/c1-10-3-4-12(18)5-11(8-16)14-7-15(2,9-17)6-13(10)14/h10,12-13,16-18H,3-9H2,1-2H3/b14-11+/t10-,12-,13-,15+/m1/s1. The molecule has 104 valence electrons. The monoisotopic (exact) mass is 254 g/mol. The highest BCUT2D eigenvalue weighted by Gasteiger charge is 2.42. The Morgan fingerprint density at radius 1 is 1.28 bits per heavy atom. The summed E-state index contributed by atoms with van der Waals surface area (Å²) < 4.78 is 0. The second-order valence-electron chi connectivity index (χ2n) is 6.66. The number of aliphatic hydroxyl groups is 3. The van der Waals surface area contributed by atoms with E-state index in [0.717, 1.165) is 31.3 Å². The van der Waals surface area contributed by atoms with Crippen molar-refractivity contribution in [1.82, 2.24) is 0 Å². The Labute approximate surface area is 110 Å². The molecule has 0 aromatic rings. The fourth-order valence-electron chi connectivity index (χ4n) is 3.71. The maximum absolute atomic E-state index is 9.95. The normalized spacial score (nSPS) is 45.5. The fourth-order valence-corrected chi connectivity index (χ4v) is 3.71. The number of hydrogen-bond acceptors (Lipinski definition) is 3.